The van der Waals surface area contributed by atoms with E-state index in [1.54, 1.807) is 13.0 Å². The molecule has 1 unspecified atom stereocenters. The van der Waals surface area contributed by atoms with E-state index in [-0.39, 0.29) is 0 Å². The summed E-state index contributed by atoms with van der Waals surface area (Å²) in [5, 5.41) is 12.4. The average Bonchev–Trinajstić information content (AvgIpc) is 2.52. The van der Waals surface area contributed by atoms with Crippen LogP contribution in [0.25, 0.3) is 0 Å². The van der Waals surface area contributed by atoms with Crippen molar-refractivity contribution in [2.24, 2.45) is 5.92 Å². The van der Waals surface area contributed by atoms with Gasteiger partial charge in [-0.3, -0.25) is 4.79 Å². The van der Waals surface area contributed by atoms with Gasteiger partial charge in [0.05, 0.1) is 11.6 Å². The summed E-state index contributed by atoms with van der Waals surface area (Å²) in [4.78, 5) is 10.5. The second-order valence-corrected chi connectivity index (χ2v) is 3.08. The van der Waals surface area contributed by atoms with Crippen LogP contribution in [0, 0.1) is 5.92 Å². The summed E-state index contributed by atoms with van der Waals surface area (Å²) in [5.74, 6) is -0.413. The van der Waals surface area contributed by atoms with Gasteiger partial charge < -0.3 is 9.63 Å². The minimum Gasteiger partial charge on any atom is -0.481 e. The minimum atomic E-state index is -0.805. The number of rotatable bonds is 4. The summed E-state index contributed by atoms with van der Waals surface area (Å²) in [6.07, 6.45) is 1.22. The Bertz CT molecular complexity index is 293. The second-order valence-electron chi connectivity index (χ2n) is 3.08. The lowest BCUT2D eigenvalue weighted by atomic mass is 10.1. The molecule has 0 saturated carbocycles. The molecule has 0 amide bonds. The first-order valence-corrected chi connectivity index (χ1v) is 4.30. The number of carbonyl (C=O) groups is 1. The van der Waals surface area contributed by atoms with E-state index < -0.39 is 11.9 Å². The van der Waals surface area contributed by atoms with Gasteiger partial charge >= 0.3 is 5.97 Å². The first-order chi connectivity index (χ1) is 6.13. The Morgan fingerprint density at radius 3 is 2.92 bits per heavy atom. The molecule has 4 heteroatoms. The maximum atomic E-state index is 10.5. The maximum Gasteiger partial charge on any atom is 0.306 e. The molecule has 1 rings (SSSR count). The molecule has 1 atom stereocenters. The predicted octanol–water partition coefficient (Wildman–Crippen LogP) is 1.50. The lowest BCUT2D eigenvalue weighted by Gasteiger charge is -2.00. The molecule has 0 aliphatic heterocycles. The third kappa shape index (κ3) is 2.57. The van der Waals surface area contributed by atoms with E-state index in [0.717, 1.165) is 12.2 Å². The van der Waals surface area contributed by atoms with Gasteiger partial charge in [-0.25, -0.2) is 0 Å². The molecule has 72 valence electrons. The Kier molecular flexibility index (Phi) is 3.06. The third-order valence-corrected chi connectivity index (χ3v) is 1.89. The van der Waals surface area contributed by atoms with E-state index in [1.165, 1.54) is 0 Å². The van der Waals surface area contributed by atoms with E-state index in [0.29, 0.717) is 12.1 Å². The number of hydrogen-bond acceptors (Lipinski definition) is 3. The lowest BCUT2D eigenvalue weighted by molar-refractivity contribution is -0.141. The molecule has 4 nitrogen and oxygen atoms in total. The van der Waals surface area contributed by atoms with Crippen LogP contribution in [0.4, 0.5) is 0 Å². The van der Waals surface area contributed by atoms with Gasteiger partial charge in [0.25, 0.3) is 0 Å². The zero-order valence-electron chi connectivity index (χ0n) is 7.78. The first-order valence-electron chi connectivity index (χ1n) is 4.30. The molecule has 1 aromatic heterocycles. The summed E-state index contributed by atoms with van der Waals surface area (Å²) in [7, 11) is 0. The fraction of sp³-hybridized carbons (Fsp3) is 0.556. The van der Waals surface area contributed by atoms with Crippen molar-refractivity contribution in [1.29, 1.82) is 0 Å². The van der Waals surface area contributed by atoms with Crippen LogP contribution in [-0.2, 0) is 17.6 Å². The molecule has 0 aliphatic carbocycles. The van der Waals surface area contributed by atoms with Crippen LogP contribution >= 0.6 is 0 Å². The summed E-state index contributed by atoms with van der Waals surface area (Å²) in [6, 6.07) is 1.80. The molecule has 0 fully saturated rings. The van der Waals surface area contributed by atoms with E-state index in [9.17, 15) is 4.79 Å². The predicted molar refractivity (Wildman–Crippen MR) is 46.4 cm³/mol. The van der Waals surface area contributed by atoms with Gasteiger partial charge in [-0.2, -0.15) is 0 Å². The molecule has 0 radical (unpaired) electrons. The SMILES string of the molecule is CCc1cc(CC(C)C(=O)O)no1. The van der Waals surface area contributed by atoms with E-state index in [4.69, 9.17) is 9.63 Å². The highest BCUT2D eigenvalue weighted by Gasteiger charge is 2.14. The zero-order valence-corrected chi connectivity index (χ0v) is 7.78. The molecular formula is C9H13NO3. The van der Waals surface area contributed by atoms with Crippen molar-refractivity contribution in [1.82, 2.24) is 5.16 Å². The standard InChI is InChI=1S/C9H13NO3/c1-3-8-5-7(10-13-8)4-6(2)9(11)12/h5-6H,3-4H2,1-2H3,(H,11,12). The third-order valence-electron chi connectivity index (χ3n) is 1.89. The van der Waals surface area contributed by atoms with E-state index in [2.05, 4.69) is 5.16 Å². The second kappa shape index (κ2) is 4.07. The average molecular weight is 183 g/mol. The van der Waals surface area contributed by atoms with Gasteiger partial charge in [-0.15, -0.1) is 0 Å². The molecule has 0 spiro atoms. The number of nitrogens with zero attached hydrogens (tertiary/aromatic N) is 1. The van der Waals surface area contributed by atoms with Crippen molar-refractivity contribution < 1.29 is 14.4 Å². The number of aryl methyl sites for hydroxylation is 1. The summed E-state index contributed by atoms with van der Waals surface area (Å²) >= 11 is 0. The Balaban J connectivity index is 2.58. The van der Waals surface area contributed by atoms with Gasteiger partial charge in [0, 0.05) is 18.9 Å². The van der Waals surface area contributed by atoms with Crippen LogP contribution in [0.2, 0.25) is 0 Å². The van der Waals surface area contributed by atoms with Crippen molar-refractivity contribution in [3.63, 3.8) is 0 Å². The smallest absolute Gasteiger partial charge is 0.306 e. The molecule has 1 aromatic rings. The molecule has 0 aromatic carbocycles. The van der Waals surface area contributed by atoms with E-state index >= 15 is 0 Å². The highest BCUT2D eigenvalue weighted by molar-refractivity contribution is 5.69. The molecule has 0 saturated heterocycles. The number of hydrogen-bond donors (Lipinski definition) is 1. The molecule has 13 heavy (non-hydrogen) atoms. The number of carboxylic acids is 1. The minimum absolute atomic E-state index is 0.408. The van der Waals surface area contributed by atoms with Crippen molar-refractivity contribution in [2.75, 3.05) is 0 Å². The Morgan fingerprint density at radius 2 is 2.46 bits per heavy atom. The number of aliphatic carboxylic acids is 1. The summed E-state index contributed by atoms with van der Waals surface area (Å²) in [6.45, 7) is 3.62. The summed E-state index contributed by atoms with van der Waals surface area (Å²) in [5.41, 5.74) is 0.715. The van der Waals surface area contributed by atoms with Crippen LogP contribution in [0.15, 0.2) is 10.6 Å². The fourth-order valence-corrected chi connectivity index (χ4v) is 1.02. The first kappa shape index (κ1) is 9.77. The van der Waals surface area contributed by atoms with Crippen LogP contribution in [0.5, 0.6) is 0 Å². The Morgan fingerprint density at radius 1 is 1.77 bits per heavy atom. The lowest BCUT2D eigenvalue weighted by Crippen LogP contribution is -2.12. The van der Waals surface area contributed by atoms with Gasteiger partial charge in [0.1, 0.15) is 5.76 Å². The monoisotopic (exact) mass is 183 g/mol. The summed E-state index contributed by atoms with van der Waals surface area (Å²) < 4.78 is 4.95. The van der Waals surface area contributed by atoms with Crippen LogP contribution < -0.4 is 0 Å². The van der Waals surface area contributed by atoms with Crippen molar-refractivity contribution >= 4 is 5.97 Å². The number of carboxylic acid groups (broad SMARTS) is 1. The molecule has 1 N–H and O–H groups in total. The van der Waals surface area contributed by atoms with Crippen molar-refractivity contribution in [3.8, 4) is 0 Å². The molecular weight excluding hydrogens is 170 g/mol. The fourth-order valence-electron chi connectivity index (χ4n) is 1.02. The Labute approximate surface area is 76.5 Å². The van der Waals surface area contributed by atoms with Gasteiger partial charge in [0.15, 0.2) is 0 Å². The van der Waals surface area contributed by atoms with Gasteiger partial charge in [0.2, 0.25) is 0 Å². The Hall–Kier alpha value is -1.32. The van der Waals surface area contributed by atoms with Crippen LogP contribution in [0.3, 0.4) is 0 Å². The largest absolute Gasteiger partial charge is 0.481 e. The number of aromatic nitrogens is 1. The van der Waals surface area contributed by atoms with Crippen LogP contribution in [-0.4, -0.2) is 16.2 Å². The quantitative estimate of drug-likeness (QED) is 0.768. The topological polar surface area (TPSA) is 63.3 Å². The normalized spacial score (nSPS) is 12.8. The van der Waals surface area contributed by atoms with Crippen molar-refractivity contribution in [2.45, 2.75) is 26.7 Å². The van der Waals surface area contributed by atoms with Crippen LogP contribution in [0.1, 0.15) is 25.3 Å². The molecule has 0 bridgehead atoms. The highest BCUT2D eigenvalue weighted by atomic mass is 16.5. The van der Waals surface area contributed by atoms with E-state index in [1.807, 2.05) is 6.92 Å². The molecule has 0 aliphatic rings. The van der Waals surface area contributed by atoms with Gasteiger partial charge in [-0.1, -0.05) is 19.0 Å². The van der Waals surface area contributed by atoms with Crippen molar-refractivity contribution in [3.05, 3.63) is 17.5 Å². The molecule has 1 heterocycles. The maximum absolute atomic E-state index is 10.5. The van der Waals surface area contributed by atoms with Gasteiger partial charge in [-0.05, 0) is 0 Å². The zero-order chi connectivity index (χ0) is 9.84. The highest BCUT2D eigenvalue weighted by Crippen LogP contribution is 2.09.